The van der Waals surface area contributed by atoms with E-state index >= 15 is 0 Å². The van der Waals surface area contributed by atoms with Gasteiger partial charge in [-0.25, -0.2) is 0 Å². The number of nitrogens with zero attached hydrogens (tertiary/aromatic N) is 2. The molecular formula is C21H24N2S. The van der Waals surface area contributed by atoms with Crippen LogP contribution in [-0.2, 0) is 13.1 Å². The molecule has 0 amide bonds. The van der Waals surface area contributed by atoms with E-state index in [1.165, 1.54) is 26.1 Å². The predicted octanol–water partition coefficient (Wildman–Crippen LogP) is 4.53. The summed E-state index contributed by atoms with van der Waals surface area (Å²) in [7, 11) is 0. The summed E-state index contributed by atoms with van der Waals surface area (Å²) in [4.78, 5) is 6.66. The van der Waals surface area contributed by atoms with E-state index in [0.717, 1.165) is 39.3 Å². The van der Waals surface area contributed by atoms with Gasteiger partial charge in [0.1, 0.15) is 0 Å². The maximum Gasteiger partial charge on any atom is 0.0348 e. The number of rotatable bonds is 4. The molecule has 0 radical (unpaired) electrons. The SMILES string of the molecule is Cc1sc2ccccc2c1CN1CCN(Cc2ccccc2)CC1. The Bertz CT molecular complexity index is 801. The fraction of sp³-hybridized carbons (Fsp3) is 0.333. The summed E-state index contributed by atoms with van der Waals surface area (Å²) < 4.78 is 1.42. The lowest BCUT2D eigenvalue weighted by Crippen LogP contribution is -2.45. The first-order valence-corrected chi connectivity index (χ1v) is 9.57. The summed E-state index contributed by atoms with van der Waals surface area (Å²) in [5.74, 6) is 0. The lowest BCUT2D eigenvalue weighted by molar-refractivity contribution is 0.122. The highest BCUT2D eigenvalue weighted by Crippen LogP contribution is 2.31. The van der Waals surface area contributed by atoms with E-state index < -0.39 is 0 Å². The average molecular weight is 337 g/mol. The Hall–Kier alpha value is -1.68. The van der Waals surface area contributed by atoms with Crippen LogP contribution < -0.4 is 0 Å². The van der Waals surface area contributed by atoms with Crippen LogP contribution >= 0.6 is 11.3 Å². The van der Waals surface area contributed by atoms with Gasteiger partial charge >= 0.3 is 0 Å². The number of fused-ring (bicyclic) bond motifs is 1. The van der Waals surface area contributed by atoms with E-state index in [4.69, 9.17) is 0 Å². The first-order valence-electron chi connectivity index (χ1n) is 8.75. The summed E-state index contributed by atoms with van der Waals surface area (Å²) in [6.07, 6.45) is 0. The Morgan fingerprint density at radius 2 is 1.42 bits per heavy atom. The maximum absolute atomic E-state index is 2.61. The second kappa shape index (κ2) is 7.06. The number of benzene rings is 2. The zero-order valence-electron chi connectivity index (χ0n) is 14.2. The van der Waals surface area contributed by atoms with Crippen molar-refractivity contribution in [1.29, 1.82) is 0 Å². The van der Waals surface area contributed by atoms with Crippen LogP contribution in [-0.4, -0.2) is 36.0 Å². The topological polar surface area (TPSA) is 6.48 Å². The maximum atomic E-state index is 2.61. The molecule has 124 valence electrons. The van der Waals surface area contributed by atoms with Crippen LogP contribution in [0.5, 0.6) is 0 Å². The molecule has 2 heterocycles. The molecule has 2 nitrogen and oxygen atoms in total. The van der Waals surface area contributed by atoms with Crippen LogP contribution in [0.1, 0.15) is 16.0 Å². The smallest absolute Gasteiger partial charge is 0.0348 e. The Kier molecular flexibility index (Phi) is 4.65. The van der Waals surface area contributed by atoms with Gasteiger partial charge in [-0.05, 0) is 29.5 Å². The van der Waals surface area contributed by atoms with Crippen molar-refractivity contribution in [1.82, 2.24) is 9.80 Å². The van der Waals surface area contributed by atoms with Crippen LogP contribution in [0.4, 0.5) is 0 Å². The monoisotopic (exact) mass is 336 g/mol. The third-order valence-electron chi connectivity index (χ3n) is 5.00. The van der Waals surface area contributed by atoms with Gasteiger partial charge in [0.15, 0.2) is 0 Å². The fourth-order valence-electron chi connectivity index (χ4n) is 3.59. The number of thiophene rings is 1. The third-order valence-corrected chi connectivity index (χ3v) is 6.12. The molecule has 3 heteroatoms. The van der Waals surface area contributed by atoms with Crippen molar-refractivity contribution in [3.05, 3.63) is 70.6 Å². The van der Waals surface area contributed by atoms with Crippen molar-refractivity contribution < 1.29 is 0 Å². The van der Waals surface area contributed by atoms with Crippen LogP contribution in [0.3, 0.4) is 0 Å². The zero-order valence-corrected chi connectivity index (χ0v) is 15.1. The molecule has 2 aromatic carbocycles. The lowest BCUT2D eigenvalue weighted by atomic mass is 10.1. The molecule has 0 spiro atoms. The number of piperazine rings is 1. The van der Waals surface area contributed by atoms with Gasteiger partial charge in [-0.2, -0.15) is 0 Å². The van der Waals surface area contributed by atoms with Gasteiger partial charge in [0.05, 0.1) is 0 Å². The summed E-state index contributed by atoms with van der Waals surface area (Å²) >= 11 is 1.93. The minimum Gasteiger partial charge on any atom is -0.297 e. The molecule has 0 aliphatic carbocycles. The Balaban J connectivity index is 1.38. The van der Waals surface area contributed by atoms with Gasteiger partial charge in [-0.1, -0.05) is 48.5 Å². The van der Waals surface area contributed by atoms with E-state index in [-0.39, 0.29) is 0 Å². The molecule has 1 aliphatic heterocycles. The molecule has 0 saturated carbocycles. The first-order chi connectivity index (χ1) is 11.8. The molecule has 1 aliphatic rings. The highest BCUT2D eigenvalue weighted by Gasteiger charge is 2.19. The molecule has 0 bridgehead atoms. The van der Waals surface area contributed by atoms with Gasteiger partial charge in [0, 0.05) is 48.8 Å². The minimum atomic E-state index is 1.08. The van der Waals surface area contributed by atoms with E-state index in [1.54, 1.807) is 0 Å². The van der Waals surface area contributed by atoms with Gasteiger partial charge in [0.2, 0.25) is 0 Å². The quantitative estimate of drug-likeness (QED) is 0.691. The first kappa shape index (κ1) is 15.8. The second-order valence-electron chi connectivity index (χ2n) is 6.67. The Morgan fingerprint density at radius 3 is 2.17 bits per heavy atom. The normalized spacial score (nSPS) is 16.7. The largest absolute Gasteiger partial charge is 0.297 e. The van der Waals surface area contributed by atoms with Crippen molar-refractivity contribution >= 4 is 21.4 Å². The summed E-state index contributed by atoms with van der Waals surface area (Å²) in [6, 6.07) is 19.6. The van der Waals surface area contributed by atoms with E-state index in [2.05, 4.69) is 71.3 Å². The number of aryl methyl sites for hydroxylation is 1. The third kappa shape index (κ3) is 3.39. The molecule has 4 rings (SSSR count). The zero-order chi connectivity index (χ0) is 16.4. The average Bonchev–Trinajstić information content (AvgIpc) is 2.93. The molecular weight excluding hydrogens is 312 g/mol. The molecule has 0 atom stereocenters. The van der Waals surface area contributed by atoms with Gasteiger partial charge in [-0.15, -0.1) is 11.3 Å². The molecule has 1 fully saturated rings. The molecule has 1 saturated heterocycles. The van der Waals surface area contributed by atoms with Crippen LogP contribution in [0.15, 0.2) is 54.6 Å². The predicted molar refractivity (Wildman–Crippen MR) is 104 cm³/mol. The molecule has 0 N–H and O–H groups in total. The van der Waals surface area contributed by atoms with Crippen LogP contribution in [0.2, 0.25) is 0 Å². The summed E-state index contributed by atoms with van der Waals surface area (Å²) in [5.41, 5.74) is 2.96. The Labute approximate surface area is 148 Å². The van der Waals surface area contributed by atoms with Crippen molar-refractivity contribution in [3.63, 3.8) is 0 Å². The van der Waals surface area contributed by atoms with Gasteiger partial charge < -0.3 is 0 Å². The number of hydrogen-bond acceptors (Lipinski definition) is 3. The standard InChI is InChI=1S/C21H24N2S/c1-17-20(19-9-5-6-10-21(19)24-17)16-23-13-11-22(12-14-23)15-18-7-3-2-4-8-18/h2-10H,11-16H2,1H3. The van der Waals surface area contributed by atoms with Crippen molar-refractivity contribution in [2.75, 3.05) is 26.2 Å². The fourth-order valence-corrected chi connectivity index (χ4v) is 4.66. The van der Waals surface area contributed by atoms with E-state index in [1.807, 2.05) is 11.3 Å². The minimum absolute atomic E-state index is 1.08. The highest BCUT2D eigenvalue weighted by molar-refractivity contribution is 7.19. The molecule has 1 aromatic heterocycles. The van der Waals surface area contributed by atoms with Crippen molar-refractivity contribution in [3.8, 4) is 0 Å². The summed E-state index contributed by atoms with van der Waals surface area (Å²) in [5, 5.41) is 1.45. The number of hydrogen-bond donors (Lipinski definition) is 0. The highest BCUT2D eigenvalue weighted by atomic mass is 32.1. The molecule has 3 aromatic rings. The second-order valence-corrected chi connectivity index (χ2v) is 7.93. The van der Waals surface area contributed by atoms with Gasteiger partial charge in [0.25, 0.3) is 0 Å². The Morgan fingerprint density at radius 1 is 0.792 bits per heavy atom. The molecule has 24 heavy (non-hydrogen) atoms. The lowest BCUT2D eigenvalue weighted by Gasteiger charge is -2.34. The van der Waals surface area contributed by atoms with E-state index in [9.17, 15) is 0 Å². The summed E-state index contributed by atoms with van der Waals surface area (Å²) in [6.45, 7) is 9.09. The van der Waals surface area contributed by atoms with Crippen LogP contribution in [0.25, 0.3) is 10.1 Å². The van der Waals surface area contributed by atoms with Crippen molar-refractivity contribution in [2.24, 2.45) is 0 Å². The van der Waals surface area contributed by atoms with Crippen molar-refractivity contribution in [2.45, 2.75) is 20.0 Å². The van der Waals surface area contributed by atoms with Gasteiger partial charge in [-0.3, -0.25) is 9.80 Å². The molecule has 0 unspecified atom stereocenters. The van der Waals surface area contributed by atoms with E-state index in [0.29, 0.717) is 0 Å². The van der Waals surface area contributed by atoms with Crippen LogP contribution in [0, 0.1) is 6.92 Å².